The number of amides is 2. The lowest BCUT2D eigenvalue weighted by atomic mass is 10.1. The molecular weight excluding hydrogens is 504 g/mol. The molecule has 1 unspecified atom stereocenters. The summed E-state index contributed by atoms with van der Waals surface area (Å²) in [6.07, 6.45) is 0. The van der Waals surface area contributed by atoms with Crippen LogP contribution in [0.2, 0.25) is 5.02 Å². The van der Waals surface area contributed by atoms with Crippen LogP contribution >= 0.6 is 23.4 Å². The number of nitrogens with one attached hydrogen (secondary N) is 2. The van der Waals surface area contributed by atoms with Gasteiger partial charge in [0, 0.05) is 27.2 Å². The van der Waals surface area contributed by atoms with Crippen molar-refractivity contribution in [1.82, 2.24) is 0 Å². The Morgan fingerprint density at radius 1 is 0.865 bits per heavy atom. The van der Waals surface area contributed by atoms with Gasteiger partial charge in [-0.2, -0.15) is 0 Å². The molecule has 0 heterocycles. The van der Waals surface area contributed by atoms with E-state index in [1.807, 2.05) is 80.6 Å². The van der Waals surface area contributed by atoms with Gasteiger partial charge in [0.2, 0.25) is 5.91 Å². The Balaban J connectivity index is 1.52. The van der Waals surface area contributed by atoms with Crippen LogP contribution in [0.25, 0.3) is 0 Å². The third-order valence-electron chi connectivity index (χ3n) is 5.76. The molecule has 4 rings (SSSR count). The molecule has 0 saturated heterocycles. The summed E-state index contributed by atoms with van der Waals surface area (Å²) in [5.74, 6) is 0.136. The lowest BCUT2D eigenvalue weighted by Crippen LogP contribution is -2.19. The molecule has 0 bridgehead atoms. The van der Waals surface area contributed by atoms with Gasteiger partial charge in [0.05, 0.1) is 12.8 Å². The van der Waals surface area contributed by atoms with Crippen molar-refractivity contribution in [3.8, 4) is 5.75 Å². The Kier molecular flexibility index (Phi) is 8.54. The van der Waals surface area contributed by atoms with E-state index in [0.717, 1.165) is 21.6 Å². The molecule has 188 valence electrons. The smallest absolute Gasteiger partial charge is 0.255 e. The Bertz CT molecular complexity index is 1390. The van der Waals surface area contributed by atoms with Crippen LogP contribution in [0.15, 0.2) is 95.9 Å². The largest absolute Gasteiger partial charge is 0.495 e. The molecule has 0 aromatic heterocycles. The first kappa shape index (κ1) is 26.3. The van der Waals surface area contributed by atoms with E-state index in [0.29, 0.717) is 27.7 Å². The number of carbonyl (C=O) groups is 2. The number of rotatable bonds is 8. The minimum atomic E-state index is -0.519. The number of thioether (sulfide) groups is 1. The van der Waals surface area contributed by atoms with Crippen molar-refractivity contribution in [2.75, 3.05) is 17.7 Å². The number of methoxy groups -OCH3 is 1. The standard InChI is InChI=1S/C30H27ClN2O3S/c1-19-9-11-22(12-10-19)29(34)32-23-13-15-24(16-14-23)37-28(21-7-5-4-6-8-21)30(35)33-26-17-20(2)25(31)18-27(26)36-3/h4-18,28H,1-3H3,(H,32,34)(H,33,35). The quantitative estimate of drug-likeness (QED) is 0.229. The van der Waals surface area contributed by atoms with Crippen LogP contribution < -0.4 is 15.4 Å². The summed E-state index contributed by atoms with van der Waals surface area (Å²) in [5.41, 5.74) is 4.63. The van der Waals surface area contributed by atoms with Gasteiger partial charge >= 0.3 is 0 Å². The number of aryl methyl sites for hydroxylation is 2. The molecule has 0 saturated carbocycles. The topological polar surface area (TPSA) is 67.4 Å². The molecular formula is C30H27ClN2O3S. The van der Waals surface area contributed by atoms with Gasteiger partial charge in [-0.3, -0.25) is 9.59 Å². The third-order valence-corrected chi connectivity index (χ3v) is 7.43. The lowest BCUT2D eigenvalue weighted by Gasteiger charge is -2.19. The first-order valence-corrected chi connectivity index (χ1v) is 12.9. The summed E-state index contributed by atoms with van der Waals surface area (Å²) in [7, 11) is 1.54. The molecule has 2 N–H and O–H groups in total. The van der Waals surface area contributed by atoms with Crippen molar-refractivity contribution in [3.63, 3.8) is 0 Å². The lowest BCUT2D eigenvalue weighted by molar-refractivity contribution is -0.115. The molecule has 0 fully saturated rings. The van der Waals surface area contributed by atoms with E-state index < -0.39 is 5.25 Å². The number of benzene rings is 4. The summed E-state index contributed by atoms with van der Waals surface area (Å²) in [4.78, 5) is 26.9. The van der Waals surface area contributed by atoms with Crippen molar-refractivity contribution < 1.29 is 14.3 Å². The molecule has 0 spiro atoms. The maximum absolute atomic E-state index is 13.5. The van der Waals surface area contributed by atoms with Gasteiger partial charge in [0.1, 0.15) is 11.0 Å². The highest BCUT2D eigenvalue weighted by molar-refractivity contribution is 8.00. The van der Waals surface area contributed by atoms with Gasteiger partial charge in [0.25, 0.3) is 5.91 Å². The van der Waals surface area contributed by atoms with Gasteiger partial charge in [-0.1, -0.05) is 59.6 Å². The Hall–Kier alpha value is -3.74. The van der Waals surface area contributed by atoms with E-state index in [-0.39, 0.29) is 11.8 Å². The number of hydrogen-bond acceptors (Lipinski definition) is 4. The molecule has 5 nitrogen and oxygen atoms in total. The van der Waals surface area contributed by atoms with Crippen LogP contribution in [0.3, 0.4) is 0 Å². The van der Waals surface area contributed by atoms with Crippen LogP contribution in [0.1, 0.15) is 32.3 Å². The molecule has 0 aliphatic heterocycles. The van der Waals surface area contributed by atoms with E-state index >= 15 is 0 Å². The van der Waals surface area contributed by atoms with Crippen LogP contribution in [0.5, 0.6) is 5.75 Å². The Morgan fingerprint density at radius 3 is 2.19 bits per heavy atom. The molecule has 4 aromatic rings. The van der Waals surface area contributed by atoms with Gasteiger partial charge in [-0.15, -0.1) is 11.8 Å². The number of ether oxygens (including phenoxy) is 1. The Morgan fingerprint density at radius 2 is 1.54 bits per heavy atom. The van der Waals surface area contributed by atoms with Gasteiger partial charge in [-0.05, 0) is 67.4 Å². The molecule has 0 aliphatic rings. The molecule has 2 amide bonds. The SMILES string of the molecule is COc1cc(Cl)c(C)cc1NC(=O)C(Sc1ccc(NC(=O)c2ccc(C)cc2)cc1)c1ccccc1. The van der Waals surface area contributed by atoms with E-state index in [4.69, 9.17) is 16.3 Å². The zero-order valence-electron chi connectivity index (χ0n) is 20.7. The normalized spacial score (nSPS) is 11.5. The van der Waals surface area contributed by atoms with Crippen molar-refractivity contribution in [1.29, 1.82) is 0 Å². The zero-order valence-corrected chi connectivity index (χ0v) is 22.3. The minimum Gasteiger partial charge on any atom is -0.495 e. The average Bonchev–Trinajstić information content (AvgIpc) is 2.91. The van der Waals surface area contributed by atoms with Crippen LogP contribution in [0, 0.1) is 13.8 Å². The van der Waals surface area contributed by atoms with Crippen LogP contribution in [-0.4, -0.2) is 18.9 Å². The fourth-order valence-corrected chi connectivity index (χ4v) is 4.87. The first-order valence-electron chi connectivity index (χ1n) is 11.7. The minimum absolute atomic E-state index is 0.172. The molecule has 4 aromatic carbocycles. The molecule has 1 atom stereocenters. The number of anilines is 2. The molecule has 0 radical (unpaired) electrons. The number of carbonyl (C=O) groups excluding carboxylic acids is 2. The second kappa shape index (κ2) is 12.0. The van der Waals surface area contributed by atoms with Crippen molar-refractivity contribution in [3.05, 3.63) is 118 Å². The maximum atomic E-state index is 13.5. The highest BCUT2D eigenvalue weighted by atomic mass is 35.5. The monoisotopic (exact) mass is 530 g/mol. The summed E-state index contributed by atoms with van der Waals surface area (Å²) in [6, 6.07) is 28.0. The van der Waals surface area contributed by atoms with Gasteiger partial charge in [0.15, 0.2) is 0 Å². The van der Waals surface area contributed by atoms with Gasteiger partial charge in [-0.25, -0.2) is 0 Å². The van der Waals surface area contributed by atoms with E-state index in [1.54, 1.807) is 31.4 Å². The second-order valence-corrected chi connectivity index (χ2v) is 10.1. The van der Waals surface area contributed by atoms with Crippen molar-refractivity contribution >= 4 is 46.6 Å². The van der Waals surface area contributed by atoms with Crippen molar-refractivity contribution in [2.24, 2.45) is 0 Å². The Labute approximate surface area is 226 Å². The number of halogens is 1. The molecule has 37 heavy (non-hydrogen) atoms. The summed E-state index contributed by atoms with van der Waals surface area (Å²) in [5, 5.41) is 5.97. The van der Waals surface area contributed by atoms with E-state index in [9.17, 15) is 9.59 Å². The number of hydrogen-bond donors (Lipinski definition) is 2. The fourth-order valence-electron chi connectivity index (χ4n) is 3.69. The van der Waals surface area contributed by atoms with E-state index in [1.165, 1.54) is 11.8 Å². The van der Waals surface area contributed by atoms with Crippen molar-refractivity contribution in [2.45, 2.75) is 24.0 Å². The van der Waals surface area contributed by atoms with Crippen LogP contribution in [-0.2, 0) is 4.79 Å². The first-order chi connectivity index (χ1) is 17.8. The zero-order chi connectivity index (χ0) is 26.4. The third kappa shape index (κ3) is 6.73. The maximum Gasteiger partial charge on any atom is 0.255 e. The van der Waals surface area contributed by atoms with E-state index in [2.05, 4.69) is 10.6 Å². The van der Waals surface area contributed by atoms with Gasteiger partial charge < -0.3 is 15.4 Å². The molecule has 0 aliphatic carbocycles. The molecule has 7 heteroatoms. The van der Waals surface area contributed by atoms with Crippen LogP contribution in [0.4, 0.5) is 11.4 Å². The summed E-state index contributed by atoms with van der Waals surface area (Å²) in [6.45, 7) is 3.86. The fraction of sp³-hybridized carbons (Fsp3) is 0.133. The highest BCUT2D eigenvalue weighted by Gasteiger charge is 2.23. The second-order valence-electron chi connectivity index (χ2n) is 8.54. The summed E-state index contributed by atoms with van der Waals surface area (Å²) < 4.78 is 5.43. The highest BCUT2D eigenvalue weighted by Crippen LogP contribution is 2.38. The summed E-state index contributed by atoms with van der Waals surface area (Å²) >= 11 is 7.65. The predicted molar refractivity (Wildman–Crippen MR) is 152 cm³/mol. The predicted octanol–water partition coefficient (Wildman–Crippen LogP) is 7.69. The average molecular weight is 531 g/mol.